The van der Waals surface area contributed by atoms with Crippen LogP contribution < -0.4 is 5.73 Å². The maximum Gasteiger partial charge on any atom is 0.226 e. The maximum absolute atomic E-state index is 12.4. The molecule has 1 unspecified atom stereocenters. The average molecular weight is 252 g/mol. The van der Waals surface area contributed by atoms with Crippen LogP contribution in [0.15, 0.2) is 0 Å². The Morgan fingerprint density at radius 3 is 2.06 bits per heavy atom. The monoisotopic (exact) mass is 252 g/mol. The molecule has 1 atom stereocenters. The molecule has 104 valence electrons. The van der Waals surface area contributed by atoms with Crippen molar-refractivity contribution in [2.45, 2.75) is 70.4 Å². The predicted octanol–water partition coefficient (Wildman–Crippen LogP) is 2.89. The van der Waals surface area contributed by atoms with E-state index in [2.05, 4.69) is 0 Å². The SMILES string of the molecule is CN(C(=O)C1CCCCC1)C(N)C1CCCCC1. The molecule has 2 saturated carbocycles. The van der Waals surface area contributed by atoms with Gasteiger partial charge in [0.25, 0.3) is 0 Å². The maximum atomic E-state index is 12.4. The molecule has 18 heavy (non-hydrogen) atoms. The lowest BCUT2D eigenvalue weighted by Crippen LogP contribution is -2.50. The number of nitrogens with two attached hydrogens (primary N) is 1. The number of hydrogen-bond donors (Lipinski definition) is 1. The van der Waals surface area contributed by atoms with Crippen LogP contribution in [-0.2, 0) is 4.79 Å². The summed E-state index contributed by atoms with van der Waals surface area (Å²) in [4.78, 5) is 14.3. The van der Waals surface area contributed by atoms with Crippen molar-refractivity contribution in [3.63, 3.8) is 0 Å². The number of rotatable bonds is 3. The lowest BCUT2D eigenvalue weighted by atomic mass is 9.85. The van der Waals surface area contributed by atoms with Gasteiger partial charge in [-0.3, -0.25) is 4.79 Å². The van der Waals surface area contributed by atoms with Crippen LogP contribution in [0.4, 0.5) is 0 Å². The van der Waals surface area contributed by atoms with Crippen LogP contribution in [0.25, 0.3) is 0 Å². The van der Waals surface area contributed by atoms with Crippen LogP contribution in [-0.4, -0.2) is 24.0 Å². The zero-order chi connectivity index (χ0) is 13.0. The van der Waals surface area contributed by atoms with Crippen LogP contribution in [0, 0.1) is 11.8 Å². The largest absolute Gasteiger partial charge is 0.330 e. The molecule has 2 N–H and O–H groups in total. The highest BCUT2D eigenvalue weighted by Crippen LogP contribution is 2.29. The fraction of sp³-hybridized carbons (Fsp3) is 0.933. The molecule has 0 aliphatic heterocycles. The Kier molecular flexibility index (Phi) is 5.04. The van der Waals surface area contributed by atoms with Crippen molar-refractivity contribution in [1.82, 2.24) is 4.90 Å². The normalized spacial score (nSPS) is 24.8. The molecule has 3 heteroatoms. The Morgan fingerprint density at radius 2 is 1.50 bits per heavy atom. The van der Waals surface area contributed by atoms with Gasteiger partial charge in [-0.15, -0.1) is 0 Å². The first-order chi connectivity index (χ1) is 8.70. The first kappa shape index (κ1) is 13.9. The second kappa shape index (κ2) is 6.55. The van der Waals surface area contributed by atoms with Crippen molar-refractivity contribution < 1.29 is 4.79 Å². The predicted molar refractivity (Wildman–Crippen MR) is 73.9 cm³/mol. The molecule has 0 aromatic heterocycles. The van der Waals surface area contributed by atoms with Gasteiger partial charge in [0.1, 0.15) is 0 Å². The summed E-state index contributed by atoms with van der Waals surface area (Å²) < 4.78 is 0. The van der Waals surface area contributed by atoms with Gasteiger partial charge in [0.2, 0.25) is 5.91 Å². The zero-order valence-corrected chi connectivity index (χ0v) is 11.7. The molecule has 2 rings (SSSR count). The fourth-order valence-corrected chi connectivity index (χ4v) is 3.58. The van der Waals surface area contributed by atoms with E-state index in [1.807, 2.05) is 11.9 Å². The third-order valence-electron chi connectivity index (χ3n) is 4.88. The number of hydrogen-bond acceptors (Lipinski definition) is 2. The van der Waals surface area contributed by atoms with E-state index in [0.717, 1.165) is 12.8 Å². The third kappa shape index (κ3) is 3.25. The molecule has 0 spiro atoms. The Balaban J connectivity index is 1.87. The molecule has 0 aromatic carbocycles. The fourth-order valence-electron chi connectivity index (χ4n) is 3.58. The van der Waals surface area contributed by atoms with E-state index in [1.165, 1.54) is 51.4 Å². The van der Waals surface area contributed by atoms with Crippen molar-refractivity contribution in [2.75, 3.05) is 7.05 Å². The molecular formula is C15H28N2O. The van der Waals surface area contributed by atoms with Crippen LogP contribution in [0.1, 0.15) is 64.2 Å². The first-order valence-corrected chi connectivity index (χ1v) is 7.72. The lowest BCUT2D eigenvalue weighted by Gasteiger charge is -2.36. The lowest BCUT2D eigenvalue weighted by molar-refractivity contribution is -0.138. The molecule has 0 heterocycles. The summed E-state index contributed by atoms with van der Waals surface area (Å²) in [6.07, 6.45) is 12.1. The summed E-state index contributed by atoms with van der Waals surface area (Å²) in [5.41, 5.74) is 6.30. The van der Waals surface area contributed by atoms with Crippen LogP contribution in [0.2, 0.25) is 0 Å². The van der Waals surface area contributed by atoms with Gasteiger partial charge in [0.15, 0.2) is 0 Å². The summed E-state index contributed by atoms with van der Waals surface area (Å²) >= 11 is 0. The van der Waals surface area contributed by atoms with E-state index in [1.54, 1.807) is 0 Å². The molecule has 1 amide bonds. The van der Waals surface area contributed by atoms with E-state index in [4.69, 9.17) is 5.73 Å². The number of carbonyl (C=O) groups is 1. The Bertz CT molecular complexity index is 268. The Morgan fingerprint density at radius 1 is 1.00 bits per heavy atom. The topological polar surface area (TPSA) is 46.3 Å². The Labute approximate surface area is 111 Å². The summed E-state index contributed by atoms with van der Waals surface area (Å²) in [6.45, 7) is 0. The van der Waals surface area contributed by atoms with Crippen molar-refractivity contribution in [1.29, 1.82) is 0 Å². The minimum Gasteiger partial charge on any atom is -0.330 e. The molecule has 2 aliphatic carbocycles. The molecule has 0 radical (unpaired) electrons. The van der Waals surface area contributed by atoms with Gasteiger partial charge in [-0.25, -0.2) is 0 Å². The van der Waals surface area contributed by atoms with Gasteiger partial charge in [-0.2, -0.15) is 0 Å². The molecule has 0 saturated heterocycles. The molecule has 3 nitrogen and oxygen atoms in total. The van der Waals surface area contributed by atoms with Crippen LogP contribution in [0.5, 0.6) is 0 Å². The molecule has 2 fully saturated rings. The average Bonchev–Trinajstić information content (AvgIpc) is 2.47. The highest BCUT2D eigenvalue weighted by Gasteiger charge is 2.30. The van der Waals surface area contributed by atoms with E-state index in [9.17, 15) is 4.79 Å². The van der Waals surface area contributed by atoms with Crippen molar-refractivity contribution in [2.24, 2.45) is 17.6 Å². The first-order valence-electron chi connectivity index (χ1n) is 7.72. The highest BCUT2D eigenvalue weighted by molar-refractivity contribution is 5.78. The highest BCUT2D eigenvalue weighted by atomic mass is 16.2. The third-order valence-corrected chi connectivity index (χ3v) is 4.88. The summed E-state index contributed by atoms with van der Waals surface area (Å²) in [5, 5.41) is 0. The minimum atomic E-state index is -0.0558. The minimum absolute atomic E-state index is 0.0558. The van der Waals surface area contributed by atoms with E-state index >= 15 is 0 Å². The molecule has 0 aromatic rings. The summed E-state index contributed by atoms with van der Waals surface area (Å²) in [6, 6.07) is 0. The van der Waals surface area contributed by atoms with Gasteiger partial charge < -0.3 is 10.6 Å². The van der Waals surface area contributed by atoms with Crippen LogP contribution >= 0.6 is 0 Å². The van der Waals surface area contributed by atoms with Gasteiger partial charge in [-0.1, -0.05) is 38.5 Å². The summed E-state index contributed by atoms with van der Waals surface area (Å²) in [7, 11) is 1.91. The van der Waals surface area contributed by atoms with Gasteiger partial charge in [0.05, 0.1) is 6.17 Å². The van der Waals surface area contributed by atoms with Gasteiger partial charge in [0, 0.05) is 13.0 Å². The quantitative estimate of drug-likeness (QED) is 0.785. The van der Waals surface area contributed by atoms with E-state index in [0.29, 0.717) is 11.8 Å². The standard InChI is InChI=1S/C15H28N2O/c1-17(14(16)12-8-4-2-5-9-12)15(18)13-10-6-3-7-11-13/h12-14H,2-11,16H2,1H3. The second-order valence-electron chi connectivity index (χ2n) is 6.17. The number of carbonyl (C=O) groups excluding carboxylic acids is 1. The van der Waals surface area contributed by atoms with Gasteiger partial charge >= 0.3 is 0 Å². The molecule has 0 bridgehead atoms. The van der Waals surface area contributed by atoms with E-state index < -0.39 is 0 Å². The van der Waals surface area contributed by atoms with Crippen molar-refractivity contribution >= 4 is 5.91 Å². The number of amides is 1. The molecular weight excluding hydrogens is 224 g/mol. The van der Waals surface area contributed by atoms with E-state index in [-0.39, 0.29) is 12.1 Å². The zero-order valence-electron chi connectivity index (χ0n) is 11.7. The van der Waals surface area contributed by atoms with Crippen molar-refractivity contribution in [3.8, 4) is 0 Å². The Hall–Kier alpha value is -0.570. The van der Waals surface area contributed by atoms with Gasteiger partial charge in [-0.05, 0) is 31.6 Å². The number of nitrogens with zero attached hydrogens (tertiary/aromatic N) is 1. The second-order valence-corrected chi connectivity index (χ2v) is 6.17. The smallest absolute Gasteiger partial charge is 0.226 e. The van der Waals surface area contributed by atoms with Crippen molar-refractivity contribution in [3.05, 3.63) is 0 Å². The van der Waals surface area contributed by atoms with Crippen LogP contribution in [0.3, 0.4) is 0 Å². The molecule has 2 aliphatic rings. The summed E-state index contributed by atoms with van der Waals surface area (Å²) in [5.74, 6) is 1.07.